The van der Waals surface area contributed by atoms with E-state index >= 15 is 0 Å². The molecule has 0 radical (unpaired) electrons. The minimum absolute atomic E-state index is 0.0753. The number of rotatable bonds is 2. The number of carbonyl (C=O) groups is 1. The summed E-state index contributed by atoms with van der Waals surface area (Å²) >= 11 is 0. The third-order valence-corrected chi connectivity index (χ3v) is 4.99. The van der Waals surface area contributed by atoms with Crippen LogP contribution < -0.4 is 5.32 Å². The zero-order valence-electron chi connectivity index (χ0n) is 11.4. The molecule has 1 N–H and O–H groups in total. The van der Waals surface area contributed by atoms with Crippen LogP contribution in [0.5, 0.6) is 0 Å². The van der Waals surface area contributed by atoms with Crippen molar-refractivity contribution in [3.8, 4) is 0 Å². The van der Waals surface area contributed by atoms with Crippen LogP contribution in [0.25, 0.3) is 0 Å². The molecule has 4 heteroatoms. The van der Waals surface area contributed by atoms with Crippen LogP contribution in [0.15, 0.2) is 24.3 Å². The highest BCUT2D eigenvalue weighted by Crippen LogP contribution is 2.48. The summed E-state index contributed by atoms with van der Waals surface area (Å²) in [6, 6.07) is 6.90. The van der Waals surface area contributed by atoms with Gasteiger partial charge in [-0.05, 0) is 43.4 Å². The number of hydrogen-bond donors (Lipinski definition) is 1. The van der Waals surface area contributed by atoms with Gasteiger partial charge in [-0.3, -0.25) is 10.1 Å². The Morgan fingerprint density at radius 1 is 1.15 bits per heavy atom. The van der Waals surface area contributed by atoms with Crippen LogP contribution in [0.1, 0.15) is 50.3 Å². The molecular formula is C16H19FN2O. The summed E-state index contributed by atoms with van der Waals surface area (Å²) < 4.78 is 13.1. The van der Waals surface area contributed by atoms with Gasteiger partial charge in [0.05, 0.1) is 0 Å². The monoisotopic (exact) mass is 274 g/mol. The van der Waals surface area contributed by atoms with Gasteiger partial charge in [0.1, 0.15) is 17.5 Å². The average Bonchev–Trinajstić information content (AvgIpc) is 2.91. The third kappa shape index (κ3) is 1.78. The Kier molecular flexibility index (Phi) is 2.64. The van der Waals surface area contributed by atoms with Gasteiger partial charge in [0, 0.05) is 6.04 Å². The van der Waals surface area contributed by atoms with Crippen molar-refractivity contribution < 1.29 is 9.18 Å². The zero-order chi connectivity index (χ0) is 13.7. The van der Waals surface area contributed by atoms with E-state index in [2.05, 4.69) is 5.32 Å². The molecule has 1 amide bonds. The van der Waals surface area contributed by atoms with Crippen molar-refractivity contribution in [3.05, 3.63) is 35.6 Å². The summed E-state index contributed by atoms with van der Waals surface area (Å²) in [5, 5.41) is 3.51. The van der Waals surface area contributed by atoms with Crippen molar-refractivity contribution in [1.29, 1.82) is 0 Å². The fraction of sp³-hybridized carbons (Fsp3) is 0.562. The Labute approximate surface area is 118 Å². The van der Waals surface area contributed by atoms with E-state index in [0.717, 1.165) is 31.2 Å². The van der Waals surface area contributed by atoms with Crippen molar-refractivity contribution in [2.75, 3.05) is 0 Å². The highest BCUT2D eigenvalue weighted by Gasteiger charge is 2.60. The van der Waals surface area contributed by atoms with E-state index < -0.39 is 0 Å². The van der Waals surface area contributed by atoms with Gasteiger partial charge in [0.15, 0.2) is 0 Å². The van der Waals surface area contributed by atoms with E-state index in [1.807, 2.05) is 4.90 Å². The van der Waals surface area contributed by atoms with Crippen molar-refractivity contribution in [3.63, 3.8) is 0 Å². The lowest BCUT2D eigenvalue weighted by Gasteiger charge is -2.30. The maximum atomic E-state index is 13.1. The second-order valence-corrected chi connectivity index (χ2v) is 6.33. The van der Waals surface area contributed by atoms with E-state index in [-0.39, 0.29) is 23.4 Å². The highest BCUT2D eigenvalue weighted by atomic mass is 19.1. The first-order valence-corrected chi connectivity index (χ1v) is 7.56. The third-order valence-electron chi connectivity index (χ3n) is 4.99. The number of carbonyl (C=O) groups excluding carboxylic acids is 1. The van der Waals surface area contributed by atoms with E-state index in [1.165, 1.54) is 25.0 Å². The molecule has 106 valence electrons. The Bertz CT molecular complexity index is 532. The molecule has 1 heterocycles. The average molecular weight is 274 g/mol. The molecule has 20 heavy (non-hydrogen) atoms. The van der Waals surface area contributed by atoms with Crippen LogP contribution >= 0.6 is 0 Å². The Morgan fingerprint density at radius 2 is 1.80 bits per heavy atom. The zero-order valence-corrected chi connectivity index (χ0v) is 11.4. The maximum absolute atomic E-state index is 13.1. The molecule has 0 aromatic heterocycles. The fourth-order valence-corrected chi connectivity index (χ4v) is 3.69. The summed E-state index contributed by atoms with van der Waals surface area (Å²) in [5.41, 5.74) is 0.692. The molecule has 3 nitrogen and oxygen atoms in total. The molecule has 1 aromatic rings. The molecular weight excluding hydrogens is 255 g/mol. The molecule has 3 fully saturated rings. The smallest absolute Gasteiger partial charge is 0.244 e. The first kappa shape index (κ1) is 12.3. The lowest BCUT2D eigenvalue weighted by Crippen LogP contribution is -2.39. The van der Waals surface area contributed by atoms with Crippen LogP contribution in [-0.4, -0.2) is 22.4 Å². The van der Waals surface area contributed by atoms with Crippen molar-refractivity contribution in [1.82, 2.24) is 10.2 Å². The molecule has 1 atom stereocenters. The van der Waals surface area contributed by atoms with Gasteiger partial charge >= 0.3 is 0 Å². The Morgan fingerprint density at radius 3 is 2.40 bits per heavy atom. The molecule has 4 rings (SSSR count). The quantitative estimate of drug-likeness (QED) is 0.899. The highest BCUT2D eigenvalue weighted by molar-refractivity contribution is 5.92. The van der Waals surface area contributed by atoms with Crippen molar-refractivity contribution in [2.45, 2.75) is 56.3 Å². The van der Waals surface area contributed by atoms with Gasteiger partial charge in [-0.15, -0.1) is 0 Å². The number of nitrogens with zero attached hydrogens (tertiary/aromatic N) is 1. The predicted octanol–water partition coefficient (Wildman–Crippen LogP) is 2.73. The van der Waals surface area contributed by atoms with Crippen molar-refractivity contribution in [2.24, 2.45) is 0 Å². The summed E-state index contributed by atoms with van der Waals surface area (Å²) in [5.74, 6) is 0.0327. The van der Waals surface area contributed by atoms with E-state index in [0.29, 0.717) is 6.04 Å². The molecule has 2 saturated carbocycles. The summed E-state index contributed by atoms with van der Waals surface area (Å²) in [7, 11) is 0. The van der Waals surface area contributed by atoms with Gasteiger partial charge in [-0.1, -0.05) is 25.0 Å². The molecule has 1 spiro atoms. The van der Waals surface area contributed by atoms with Gasteiger partial charge < -0.3 is 4.90 Å². The maximum Gasteiger partial charge on any atom is 0.244 e. The molecule has 2 aliphatic carbocycles. The Balaban J connectivity index is 1.68. The van der Waals surface area contributed by atoms with E-state index in [1.54, 1.807) is 12.1 Å². The van der Waals surface area contributed by atoms with Crippen LogP contribution in [0, 0.1) is 5.82 Å². The second-order valence-electron chi connectivity index (χ2n) is 6.33. The van der Waals surface area contributed by atoms with Gasteiger partial charge in [0.2, 0.25) is 5.91 Å². The number of benzene rings is 1. The molecule has 3 aliphatic rings. The standard InChI is InChI=1S/C16H19FN2O/c17-12-7-5-11(6-8-12)14-18-16(9-10-16)15(20)19(14)13-3-1-2-4-13/h5-8,13-14,18H,1-4,9-10H2. The van der Waals surface area contributed by atoms with E-state index in [4.69, 9.17) is 0 Å². The fourth-order valence-electron chi connectivity index (χ4n) is 3.69. The second kappa shape index (κ2) is 4.29. The molecule has 1 saturated heterocycles. The van der Waals surface area contributed by atoms with Crippen molar-refractivity contribution >= 4 is 5.91 Å². The normalized spacial score (nSPS) is 28.6. The minimum Gasteiger partial charge on any atom is -0.318 e. The molecule has 1 unspecified atom stereocenters. The molecule has 1 aliphatic heterocycles. The summed E-state index contributed by atoms with van der Waals surface area (Å²) in [6.07, 6.45) is 6.41. The van der Waals surface area contributed by atoms with Crippen LogP contribution in [0.4, 0.5) is 4.39 Å². The predicted molar refractivity (Wildman–Crippen MR) is 73.3 cm³/mol. The minimum atomic E-state index is -0.304. The lowest BCUT2D eigenvalue weighted by molar-refractivity contribution is -0.133. The van der Waals surface area contributed by atoms with Gasteiger partial charge in [-0.2, -0.15) is 0 Å². The molecule has 1 aromatic carbocycles. The molecule has 0 bridgehead atoms. The SMILES string of the molecule is O=C1N(C2CCCC2)C(c2ccc(F)cc2)NC12CC2. The Hall–Kier alpha value is -1.42. The largest absolute Gasteiger partial charge is 0.318 e. The number of nitrogens with one attached hydrogen (secondary N) is 1. The van der Waals surface area contributed by atoms with Crippen LogP contribution in [0.3, 0.4) is 0 Å². The first-order chi connectivity index (χ1) is 9.70. The number of hydrogen-bond acceptors (Lipinski definition) is 2. The van der Waals surface area contributed by atoms with Crippen LogP contribution in [-0.2, 0) is 4.79 Å². The van der Waals surface area contributed by atoms with Gasteiger partial charge in [-0.25, -0.2) is 4.39 Å². The first-order valence-electron chi connectivity index (χ1n) is 7.56. The van der Waals surface area contributed by atoms with Crippen LogP contribution in [0.2, 0.25) is 0 Å². The summed E-state index contributed by atoms with van der Waals surface area (Å²) in [4.78, 5) is 14.8. The lowest BCUT2D eigenvalue weighted by atomic mass is 10.1. The number of amides is 1. The number of halogens is 1. The summed E-state index contributed by atoms with van der Waals surface area (Å²) in [6.45, 7) is 0. The topological polar surface area (TPSA) is 32.3 Å². The van der Waals surface area contributed by atoms with E-state index in [9.17, 15) is 9.18 Å². The van der Waals surface area contributed by atoms with Gasteiger partial charge in [0.25, 0.3) is 0 Å².